The van der Waals surface area contributed by atoms with Gasteiger partial charge in [-0.3, -0.25) is 9.59 Å². The number of fused-ring (bicyclic) bond motifs is 1. The molecule has 2 amide bonds. The van der Waals surface area contributed by atoms with Crippen LogP contribution in [0.15, 0.2) is 72.9 Å². The summed E-state index contributed by atoms with van der Waals surface area (Å²) in [6.45, 7) is 1.59. The number of piperidine rings is 1. The van der Waals surface area contributed by atoms with Crippen LogP contribution in [0, 0.1) is 5.92 Å². The summed E-state index contributed by atoms with van der Waals surface area (Å²) in [7, 11) is 0. The van der Waals surface area contributed by atoms with Crippen molar-refractivity contribution in [2.75, 3.05) is 28.6 Å². The number of nitrogens with one attached hydrogen (secondary N) is 2. The molecule has 0 spiro atoms. The molecule has 200 valence electrons. The van der Waals surface area contributed by atoms with Gasteiger partial charge in [0.15, 0.2) is 0 Å². The number of aliphatic hydroxyl groups excluding tert-OH is 1. The van der Waals surface area contributed by atoms with Crippen molar-refractivity contribution >= 4 is 39.8 Å². The normalized spacial score (nSPS) is 18.6. The van der Waals surface area contributed by atoms with Crippen molar-refractivity contribution in [3.8, 4) is 5.69 Å². The van der Waals surface area contributed by atoms with E-state index in [2.05, 4.69) is 20.6 Å². The lowest BCUT2D eigenvalue weighted by Gasteiger charge is -2.31. The summed E-state index contributed by atoms with van der Waals surface area (Å²) in [5.74, 6) is -5.05. The molecule has 2 fully saturated rings. The lowest BCUT2D eigenvalue weighted by atomic mass is 10.1. The van der Waals surface area contributed by atoms with E-state index in [1.165, 1.54) is 0 Å². The van der Waals surface area contributed by atoms with E-state index >= 15 is 0 Å². The highest BCUT2D eigenvalue weighted by molar-refractivity contribution is 6.05. The Kier molecular flexibility index (Phi) is 6.26. The number of alkyl halides is 2. The molecule has 1 atom stereocenters. The Labute approximate surface area is 223 Å². The van der Waals surface area contributed by atoms with Crippen molar-refractivity contribution in [2.24, 2.45) is 5.92 Å². The largest absolute Gasteiger partial charge is 0.393 e. The summed E-state index contributed by atoms with van der Waals surface area (Å²) in [6.07, 6.45) is 2.54. The quantitative estimate of drug-likeness (QED) is 0.331. The molecule has 1 saturated heterocycles. The van der Waals surface area contributed by atoms with Crippen molar-refractivity contribution in [1.82, 2.24) is 9.78 Å². The van der Waals surface area contributed by atoms with Gasteiger partial charge in [0.25, 0.3) is 11.8 Å². The first-order chi connectivity index (χ1) is 18.8. The zero-order valence-corrected chi connectivity index (χ0v) is 21.0. The van der Waals surface area contributed by atoms with Gasteiger partial charge in [0.1, 0.15) is 5.92 Å². The summed E-state index contributed by atoms with van der Waals surface area (Å²) in [6, 6.07) is 19.8. The predicted molar refractivity (Wildman–Crippen MR) is 145 cm³/mol. The number of amides is 2. The van der Waals surface area contributed by atoms with Gasteiger partial charge in [-0.15, -0.1) is 0 Å². The van der Waals surface area contributed by atoms with E-state index in [1.54, 1.807) is 53.3 Å². The number of anilines is 3. The van der Waals surface area contributed by atoms with Crippen LogP contribution in [0.3, 0.4) is 0 Å². The molecular formula is C29H27F2N5O3. The minimum atomic E-state index is -2.90. The molecule has 39 heavy (non-hydrogen) atoms. The SMILES string of the molecule is O=C(Nc1ccc2c(cnn2-c2ccc(NC(=O)C3CC3(F)F)cc2)c1)c1ccc(N2CCC(O)CC2)cc1. The summed E-state index contributed by atoms with van der Waals surface area (Å²) >= 11 is 0. The van der Waals surface area contributed by atoms with Crippen LogP contribution < -0.4 is 15.5 Å². The van der Waals surface area contributed by atoms with Crippen LogP contribution >= 0.6 is 0 Å². The Hall–Kier alpha value is -4.31. The van der Waals surface area contributed by atoms with E-state index in [-0.39, 0.29) is 12.0 Å². The number of carbonyl (C=O) groups is 2. The fourth-order valence-electron chi connectivity index (χ4n) is 4.88. The second-order valence-corrected chi connectivity index (χ2v) is 10.1. The van der Waals surface area contributed by atoms with Gasteiger partial charge in [-0.25, -0.2) is 13.5 Å². The van der Waals surface area contributed by atoms with Crippen LogP contribution in [-0.2, 0) is 4.79 Å². The van der Waals surface area contributed by atoms with Crippen molar-refractivity contribution in [3.63, 3.8) is 0 Å². The number of carbonyl (C=O) groups excluding carboxylic acids is 2. The Bertz CT molecular complexity index is 1530. The number of aromatic nitrogens is 2. The van der Waals surface area contributed by atoms with Crippen LogP contribution in [0.4, 0.5) is 25.8 Å². The van der Waals surface area contributed by atoms with Crippen LogP contribution in [0.1, 0.15) is 29.6 Å². The second-order valence-electron chi connectivity index (χ2n) is 10.1. The Morgan fingerprint density at radius 2 is 1.54 bits per heavy atom. The average Bonchev–Trinajstić information content (AvgIpc) is 3.39. The third kappa shape index (κ3) is 5.20. The fourth-order valence-corrected chi connectivity index (χ4v) is 4.88. The summed E-state index contributed by atoms with van der Waals surface area (Å²) in [4.78, 5) is 27.0. The van der Waals surface area contributed by atoms with E-state index in [9.17, 15) is 23.5 Å². The van der Waals surface area contributed by atoms with Gasteiger partial charge in [0.05, 0.1) is 23.5 Å². The van der Waals surface area contributed by atoms with Crippen LogP contribution in [0.25, 0.3) is 16.6 Å². The van der Waals surface area contributed by atoms with Crippen molar-refractivity contribution in [2.45, 2.75) is 31.3 Å². The van der Waals surface area contributed by atoms with E-state index in [0.29, 0.717) is 16.9 Å². The van der Waals surface area contributed by atoms with Crippen LogP contribution in [0.5, 0.6) is 0 Å². The maximum Gasteiger partial charge on any atom is 0.260 e. The molecule has 2 heterocycles. The van der Waals surface area contributed by atoms with Gasteiger partial charge < -0.3 is 20.6 Å². The number of nitrogens with zero attached hydrogens (tertiary/aromatic N) is 3. The monoisotopic (exact) mass is 531 g/mol. The first kappa shape index (κ1) is 25.0. The zero-order valence-electron chi connectivity index (χ0n) is 21.0. The Morgan fingerprint density at radius 1 is 0.897 bits per heavy atom. The molecule has 10 heteroatoms. The standard InChI is InChI=1S/C29H27F2N5O3/c30-29(31)16-25(29)28(39)33-20-3-8-23(9-4-20)36-26-10-5-21(15-19(26)17-32-36)34-27(38)18-1-6-22(7-2-18)35-13-11-24(37)12-14-35/h1-10,15,17,24-25,37H,11-14,16H2,(H,33,39)(H,34,38). The van der Waals surface area contributed by atoms with Gasteiger partial charge in [-0.05, 0) is 79.6 Å². The Balaban J connectivity index is 1.11. The third-order valence-electron chi connectivity index (χ3n) is 7.31. The summed E-state index contributed by atoms with van der Waals surface area (Å²) in [5.41, 5.74) is 4.21. The number of hydrogen-bond acceptors (Lipinski definition) is 5. The smallest absolute Gasteiger partial charge is 0.260 e. The Morgan fingerprint density at radius 3 is 2.21 bits per heavy atom. The number of aliphatic hydroxyl groups is 1. The average molecular weight is 532 g/mol. The van der Waals surface area contributed by atoms with Crippen LogP contribution in [-0.4, -0.2) is 51.8 Å². The molecular weight excluding hydrogens is 504 g/mol. The maximum atomic E-state index is 13.1. The minimum Gasteiger partial charge on any atom is -0.393 e. The molecule has 1 aliphatic carbocycles. The van der Waals surface area contributed by atoms with Gasteiger partial charge in [0.2, 0.25) is 5.91 Å². The number of benzene rings is 3. The second kappa shape index (κ2) is 9.77. The highest BCUT2D eigenvalue weighted by atomic mass is 19.3. The molecule has 4 aromatic rings. The lowest BCUT2D eigenvalue weighted by molar-refractivity contribution is -0.119. The van der Waals surface area contributed by atoms with Gasteiger partial charge in [0, 0.05) is 47.5 Å². The van der Waals surface area contributed by atoms with Gasteiger partial charge in [-0.2, -0.15) is 5.10 Å². The number of rotatable bonds is 6. The fraction of sp³-hybridized carbons (Fsp3) is 0.276. The molecule has 1 unspecified atom stereocenters. The highest BCUT2D eigenvalue weighted by Crippen LogP contribution is 2.49. The number of hydrogen-bond donors (Lipinski definition) is 3. The predicted octanol–water partition coefficient (Wildman–Crippen LogP) is 4.83. The van der Waals surface area contributed by atoms with Crippen molar-refractivity contribution < 1.29 is 23.5 Å². The van der Waals surface area contributed by atoms with Crippen molar-refractivity contribution in [3.05, 3.63) is 78.5 Å². The molecule has 8 nitrogen and oxygen atoms in total. The van der Waals surface area contributed by atoms with E-state index in [1.807, 2.05) is 24.3 Å². The maximum absolute atomic E-state index is 13.1. The lowest BCUT2D eigenvalue weighted by Crippen LogP contribution is -2.35. The highest BCUT2D eigenvalue weighted by Gasteiger charge is 2.61. The van der Waals surface area contributed by atoms with E-state index in [0.717, 1.165) is 48.2 Å². The molecule has 2 aliphatic rings. The van der Waals surface area contributed by atoms with Crippen LogP contribution in [0.2, 0.25) is 0 Å². The molecule has 3 N–H and O–H groups in total. The molecule has 1 aromatic heterocycles. The van der Waals surface area contributed by atoms with E-state index < -0.39 is 24.2 Å². The molecule has 3 aromatic carbocycles. The van der Waals surface area contributed by atoms with Gasteiger partial charge in [-0.1, -0.05) is 0 Å². The molecule has 1 saturated carbocycles. The first-order valence-electron chi connectivity index (χ1n) is 12.9. The summed E-state index contributed by atoms with van der Waals surface area (Å²) in [5, 5.41) is 20.4. The zero-order chi connectivity index (χ0) is 27.1. The topological polar surface area (TPSA) is 99.5 Å². The van der Waals surface area contributed by atoms with E-state index in [4.69, 9.17) is 0 Å². The number of halogens is 2. The minimum absolute atomic E-state index is 0.219. The molecule has 0 radical (unpaired) electrons. The molecule has 0 bridgehead atoms. The molecule has 1 aliphatic heterocycles. The molecule has 6 rings (SSSR count). The summed E-state index contributed by atoms with van der Waals surface area (Å²) < 4.78 is 28.0. The van der Waals surface area contributed by atoms with Crippen molar-refractivity contribution in [1.29, 1.82) is 0 Å². The van der Waals surface area contributed by atoms with Gasteiger partial charge >= 0.3 is 0 Å². The third-order valence-corrected chi connectivity index (χ3v) is 7.31. The first-order valence-corrected chi connectivity index (χ1v) is 12.9.